The summed E-state index contributed by atoms with van der Waals surface area (Å²) in [6, 6.07) is 4.02. The Labute approximate surface area is 118 Å². The Morgan fingerprint density at radius 1 is 1.26 bits per heavy atom. The summed E-state index contributed by atoms with van der Waals surface area (Å²) in [5.41, 5.74) is 6.54. The average molecular weight is 338 g/mol. The highest BCUT2D eigenvalue weighted by molar-refractivity contribution is 9.10. The molecule has 2 N–H and O–H groups in total. The first kappa shape index (κ1) is 14.7. The zero-order chi connectivity index (χ0) is 14.0. The molecule has 6 heteroatoms. The van der Waals surface area contributed by atoms with E-state index in [1.165, 1.54) is 12.1 Å². The summed E-state index contributed by atoms with van der Waals surface area (Å²) in [7, 11) is 0. The molecule has 0 unspecified atom stereocenters. The van der Waals surface area contributed by atoms with Crippen molar-refractivity contribution in [3.8, 4) is 5.75 Å². The molecule has 1 aromatic rings. The van der Waals surface area contributed by atoms with Crippen molar-refractivity contribution in [2.75, 3.05) is 0 Å². The zero-order valence-corrected chi connectivity index (χ0v) is 11.8. The molecule has 0 spiro atoms. The van der Waals surface area contributed by atoms with Crippen molar-refractivity contribution in [2.24, 2.45) is 11.7 Å². The van der Waals surface area contributed by atoms with Crippen molar-refractivity contribution in [2.45, 2.75) is 38.1 Å². The maximum atomic E-state index is 12.4. The van der Waals surface area contributed by atoms with E-state index in [9.17, 15) is 13.2 Å². The predicted octanol–water partition coefficient (Wildman–Crippen LogP) is 4.54. The second kappa shape index (κ2) is 5.71. The Balaban J connectivity index is 2.28. The van der Waals surface area contributed by atoms with Gasteiger partial charge in [-0.1, -0.05) is 28.8 Å². The molecule has 0 aromatic heterocycles. The quantitative estimate of drug-likeness (QED) is 0.878. The van der Waals surface area contributed by atoms with Crippen LogP contribution in [0.1, 0.15) is 37.3 Å². The van der Waals surface area contributed by atoms with Crippen LogP contribution in [0.25, 0.3) is 0 Å². The third-order valence-corrected chi connectivity index (χ3v) is 3.96. The summed E-state index contributed by atoms with van der Waals surface area (Å²) < 4.78 is 41.9. The van der Waals surface area contributed by atoms with Crippen LogP contribution in [0.4, 0.5) is 13.2 Å². The molecule has 0 heterocycles. The summed E-state index contributed by atoms with van der Waals surface area (Å²) in [5, 5.41) is 0. The van der Waals surface area contributed by atoms with Crippen LogP contribution in [0, 0.1) is 5.92 Å². The first-order chi connectivity index (χ1) is 8.87. The summed E-state index contributed by atoms with van der Waals surface area (Å²) in [4.78, 5) is 0. The lowest BCUT2D eigenvalue weighted by molar-refractivity contribution is -0.275. The lowest BCUT2D eigenvalue weighted by Gasteiger charge is -2.22. The van der Waals surface area contributed by atoms with Crippen LogP contribution in [0.5, 0.6) is 5.75 Å². The minimum atomic E-state index is -4.70. The lowest BCUT2D eigenvalue weighted by atomic mass is 9.92. The number of rotatable bonds is 3. The predicted molar refractivity (Wildman–Crippen MR) is 69.7 cm³/mol. The number of benzene rings is 1. The molecule has 1 aliphatic rings. The molecular formula is C13H15BrF3NO. The van der Waals surface area contributed by atoms with E-state index in [0.29, 0.717) is 10.0 Å². The van der Waals surface area contributed by atoms with Crippen molar-refractivity contribution >= 4 is 15.9 Å². The van der Waals surface area contributed by atoms with Crippen molar-refractivity contribution in [1.82, 2.24) is 0 Å². The molecule has 0 radical (unpaired) electrons. The van der Waals surface area contributed by atoms with Gasteiger partial charge in [0.25, 0.3) is 0 Å². The van der Waals surface area contributed by atoms with Gasteiger partial charge in [-0.3, -0.25) is 0 Å². The Kier molecular flexibility index (Phi) is 4.40. The van der Waals surface area contributed by atoms with E-state index >= 15 is 0 Å². The van der Waals surface area contributed by atoms with Gasteiger partial charge >= 0.3 is 6.36 Å². The molecular weight excluding hydrogens is 323 g/mol. The number of ether oxygens (including phenoxy) is 1. The molecule has 19 heavy (non-hydrogen) atoms. The van der Waals surface area contributed by atoms with E-state index in [1.54, 1.807) is 6.07 Å². The molecule has 1 atom stereocenters. The zero-order valence-electron chi connectivity index (χ0n) is 10.2. The van der Waals surface area contributed by atoms with Crippen molar-refractivity contribution in [1.29, 1.82) is 0 Å². The maximum Gasteiger partial charge on any atom is 0.573 e. The topological polar surface area (TPSA) is 35.2 Å². The molecule has 0 aliphatic heterocycles. The normalized spacial score (nSPS) is 18.6. The van der Waals surface area contributed by atoms with Gasteiger partial charge in [-0.15, -0.1) is 13.2 Å². The number of alkyl halides is 3. The SMILES string of the molecule is N[C@H](c1cc(Br)ccc1OC(F)(F)F)C1CCCC1. The molecule has 0 amide bonds. The van der Waals surface area contributed by atoms with E-state index in [-0.39, 0.29) is 11.7 Å². The van der Waals surface area contributed by atoms with E-state index in [1.807, 2.05) is 0 Å². The minimum absolute atomic E-state index is 0.199. The monoisotopic (exact) mass is 337 g/mol. The van der Waals surface area contributed by atoms with Crippen molar-refractivity contribution < 1.29 is 17.9 Å². The van der Waals surface area contributed by atoms with Crippen LogP contribution in [-0.2, 0) is 0 Å². The van der Waals surface area contributed by atoms with E-state index < -0.39 is 12.4 Å². The molecule has 106 valence electrons. The molecule has 0 bridgehead atoms. The second-order valence-corrected chi connectivity index (χ2v) is 5.72. The summed E-state index contributed by atoms with van der Waals surface area (Å²) >= 11 is 3.26. The first-order valence-electron chi connectivity index (χ1n) is 6.17. The van der Waals surface area contributed by atoms with Gasteiger partial charge in [0.15, 0.2) is 0 Å². The number of hydrogen-bond donors (Lipinski definition) is 1. The van der Waals surface area contributed by atoms with Gasteiger partial charge in [0.1, 0.15) is 5.75 Å². The Bertz CT molecular complexity index is 444. The van der Waals surface area contributed by atoms with Crippen LogP contribution in [-0.4, -0.2) is 6.36 Å². The fourth-order valence-electron chi connectivity index (χ4n) is 2.57. The molecule has 1 saturated carbocycles. The lowest BCUT2D eigenvalue weighted by Crippen LogP contribution is -2.23. The van der Waals surface area contributed by atoms with Gasteiger partial charge in [-0.2, -0.15) is 0 Å². The maximum absolute atomic E-state index is 12.4. The highest BCUT2D eigenvalue weighted by Crippen LogP contribution is 2.39. The van der Waals surface area contributed by atoms with Gasteiger partial charge in [-0.05, 0) is 37.0 Å². The van der Waals surface area contributed by atoms with Gasteiger partial charge in [0, 0.05) is 16.1 Å². The van der Waals surface area contributed by atoms with Crippen molar-refractivity contribution in [3.05, 3.63) is 28.2 Å². The minimum Gasteiger partial charge on any atom is -0.405 e. The van der Waals surface area contributed by atoms with E-state index in [0.717, 1.165) is 25.7 Å². The standard InChI is InChI=1S/C13H15BrF3NO/c14-9-5-6-11(19-13(15,16)17)10(7-9)12(18)8-3-1-2-4-8/h5-8,12H,1-4,18H2/t12-/m0/s1. The van der Waals surface area contributed by atoms with Gasteiger partial charge in [0.2, 0.25) is 0 Å². The third kappa shape index (κ3) is 3.86. The fourth-order valence-corrected chi connectivity index (χ4v) is 2.95. The molecule has 1 fully saturated rings. The van der Waals surface area contributed by atoms with Gasteiger partial charge < -0.3 is 10.5 Å². The average Bonchev–Trinajstić information content (AvgIpc) is 2.82. The van der Waals surface area contributed by atoms with Gasteiger partial charge in [0.05, 0.1) is 0 Å². The Morgan fingerprint density at radius 3 is 2.47 bits per heavy atom. The number of nitrogens with two attached hydrogens (primary N) is 1. The van der Waals surface area contributed by atoms with Crippen LogP contribution >= 0.6 is 15.9 Å². The first-order valence-corrected chi connectivity index (χ1v) is 6.97. The van der Waals surface area contributed by atoms with Gasteiger partial charge in [-0.25, -0.2) is 0 Å². The van der Waals surface area contributed by atoms with E-state index in [4.69, 9.17) is 5.73 Å². The number of halogens is 4. The largest absolute Gasteiger partial charge is 0.573 e. The Morgan fingerprint density at radius 2 is 1.89 bits per heavy atom. The molecule has 2 rings (SSSR count). The number of hydrogen-bond acceptors (Lipinski definition) is 2. The highest BCUT2D eigenvalue weighted by atomic mass is 79.9. The van der Waals surface area contributed by atoms with Crippen LogP contribution in [0.15, 0.2) is 22.7 Å². The summed E-state index contributed by atoms with van der Waals surface area (Å²) in [5.74, 6) is 0.0278. The summed E-state index contributed by atoms with van der Waals surface area (Å²) in [6.07, 6.45) is -0.611. The second-order valence-electron chi connectivity index (χ2n) is 4.80. The molecule has 0 saturated heterocycles. The summed E-state index contributed by atoms with van der Waals surface area (Å²) in [6.45, 7) is 0. The fraction of sp³-hybridized carbons (Fsp3) is 0.538. The van der Waals surface area contributed by atoms with Crippen LogP contribution < -0.4 is 10.5 Å². The van der Waals surface area contributed by atoms with Crippen molar-refractivity contribution in [3.63, 3.8) is 0 Å². The van der Waals surface area contributed by atoms with Crippen LogP contribution in [0.3, 0.4) is 0 Å². The highest BCUT2D eigenvalue weighted by Gasteiger charge is 2.34. The molecule has 1 aliphatic carbocycles. The Hall–Kier alpha value is -0.750. The third-order valence-electron chi connectivity index (χ3n) is 3.46. The van der Waals surface area contributed by atoms with Crippen LogP contribution in [0.2, 0.25) is 0 Å². The van der Waals surface area contributed by atoms with E-state index in [2.05, 4.69) is 20.7 Å². The molecule has 1 aromatic carbocycles. The smallest absolute Gasteiger partial charge is 0.405 e. The molecule has 2 nitrogen and oxygen atoms in total.